The molecule has 0 radical (unpaired) electrons. The van der Waals surface area contributed by atoms with E-state index in [0.29, 0.717) is 11.5 Å². The number of para-hydroxylation sites is 6. The van der Waals surface area contributed by atoms with Gasteiger partial charge in [-0.05, 0) is 166 Å². The van der Waals surface area contributed by atoms with E-state index in [2.05, 4.69) is 344 Å². The number of hydrogen-bond acceptors (Lipinski definition) is 3. The number of pyridine rings is 1. The molecule has 1 aliphatic heterocycles. The quantitative estimate of drug-likeness (QED) is 0.0696. The minimum atomic E-state index is -0.241. The Labute approximate surface area is 574 Å². The second-order valence-electron chi connectivity index (χ2n) is 25.5. The van der Waals surface area contributed by atoms with Gasteiger partial charge in [-0.15, -0.1) is 29.7 Å². The van der Waals surface area contributed by atoms with Crippen molar-refractivity contribution in [3.8, 4) is 107 Å². The van der Waals surface area contributed by atoms with Crippen molar-refractivity contribution < 1.29 is 35.1 Å². The summed E-state index contributed by atoms with van der Waals surface area (Å²) in [5.74, 6) is 3.49. The third-order valence-corrected chi connectivity index (χ3v) is 18.5. The summed E-state index contributed by atoms with van der Waals surface area (Å²) in [4.78, 5) is 4.99. The first-order chi connectivity index (χ1) is 46.7. The first-order valence-corrected chi connectivity index (χ1v) is 32.4. The number of ether oxygens (including phenoxy) is 2. The van der Waals surface area contributed by atoms with Gasteiger partial charge in [0.2, 0.25) is 6.71 Å². The monoisotopic (exact) mass is 1410 g/mol. The van der Waals surface area contributed by atoms with Gasteiger partial charge in [0.25, 0.3) is 6.33 Å². The summed E-state index contributed by atoms with van der Waals surface area (Å²) in [6, 6.07) is 118. The molecule has 460 valence electrons. The Balaban J connectivity index is 0.00000725. The molecule has 0 spiro atoms. The number of hydrogen-bond donors (Lipinski definition) is 0. The molecule has 13 aromatic carbocycles. The maximum atomic E-state index is 7.26. The number of rotatable bonds is 12. The third-order valence-electron chi connectivity index (χ3n) is 18.5. The second-order valence-corrected chi connectivity index (χ2v) is 25.5. The maximum absolute atomic E-state index is 7.26. The summed E-state index contributed by atoms with van der Waals surface area (Å²) in [6.07, 6.45) is 5.98. The van der Waals surface area contributed by atoms with Gasteiger partial charge in [-0.2, -0.15) is 17.6 Å². The van der Waals surface area contributed by atoms with Gasteiger partial charge < -0.3 is 18.6 Å². The zero-order chi connectivity index (χ0) is 63.6. The van der Waals surface area contributed by atoms with Crippen molar-refractivity contribution in [3.63, 3.8) is 0 Å². The Morgan fingerprint density at radius 3 is 1.49 bits per heavy atom. The molecule has 3 aromatic heterocycles. The van der Waals surface area contributed by atoms with Crippen LogP contribution in [-0.2, 0) is 26.5 Å². The molecule has 0 N–H and O–H groups in total. The van der Waals surface area contributed by atoms with Crippen molar-refractivity contribution in [2.45, 2.75) is 26.2 Å². The Bertz CT molecular complexity index is 5300. The van der Waals surface area contributed by atoms with Crippen LogP contribution in [0.15, 0.2) is 316 Å². The number of aromatic nitrogens is 4. The summed E-state index contributed by atoms with van der Waals surface area (Å²) in [6.45, 7) is 6.46. The molecule has 0 aliphatic carbocycles. The van der Waals surface area contributed by atoms with Gasteiger partial charge in [0, 0.05) is 44.3 Å². The summed E-state index contributed by atoms with van der Waals surface area (Å²) in [5, 5.41) is 2.16. The van der Waals surface area contributed by atoms with E-state index in [1.54, 1.807) is 0 Å². The summed E-state index contributed by atoms with van der Waals surface area (Å²) in [5.41, 5.74) is 22.9. The van der Waals surface area contributed by atoms with Crippen molar-refractivity contribution in [1.82, 2.24) is 14.1 Å². The SMILES string of the molecule is CC(C)(C)c1ccnc(-n2c3[c-]c(Oc4[c-]c(-n5[c-][n+](-c6c(-c7cc(-c8ccccc8)cc(-c8ccccc8)c7)cccc6-c6cc(-c7ccccc7)cc(-c7ccccc7)c6)c6ccccc65)cc(B5c6ccccc6Oc6ccccc65)c4)ccc3c3ccccc32)c1.[Pt]. The number of imidazole rings is 1. The van der Waals surface area contributed by atoms with Crippen LogP contribution in [0.2, 0.25) is 0 Å². The average Bonchev–Trinajstić information content (AvgIpc) is 1.40. The van der Waals surface area contributed by atoms with E-state index >= 15 is 0 Å². The Kier molecular flexibility index (Phi) is 15.4. The van der Waals surface area contributed by atoms with Crippen LogP contribution in [0.4, 0.5) is 0 Å². The molecule has 17 rings (SSSR count). The van der Waals surface area contributed by atoms with Crippen molar-refractivity contribution in [2.24, 2.45) is 0 Å². The van der Waals surface area contributed by atoms with E-state index < -0.39 is 0 Å². The molecular weight excluding hydrogens is 1350 g/mol. The Morgan fingerprint density at radius 1 is 0.427 bits per heavy atom. The molecule has 0 bridgehead atoms. The van der Waals surface area contributed by atoms with Crippen molar-refractivity contribution in [1.29, 1.82) is 0 Å². The standard InChI is InChI=1S/C88H61BN4O2.Pt/c1-88(2,3)69-45-46-90-86(53-69)93-80-38-19-16-33-76(80)77-44-43-72(57-83(77)93)94-73-55-70(89-78-36-17-22-41-84(78)95-85-42-23-18-37-79(85)89)54-71(56-73)91-58-92(82-40-21-20-39-81(82)91)87-74(67-49-63(59-25-8-4-9-26-59)47-64(50-67)60-27-10-5-11-28-60)34-24-35-75(87)68-51-65(61-29-12-6-13-30-61)48-66(52-68)62-31-14-7-15-32-62;/h4-55H,1-3H3;/q-2;. The van der Waals surface area contributed by atoms with Gasteiger partial charge in [0.05, 0.1) is 16.7 Å². The molecule has 6 nitrogen and oxygen atoms in total. The first kappa shape index (κ1) is 59.6. The summed E-state index contributed by atoms with van der Waals surface area (Å²) >= 11 is 0. The zero-order valence-electron chi connectivity index (χ0n) is 53.0. The van der Waals surface area contributed by atoms with Crippen LogP contribution in [0.25, 0.3) is 117 Å². The molecule has 8 heteroatoms. The van der Waals surface area contributed by atoms with Crippen LogP contribution in [0.3, 0.4) is 0 Å². The smallest absolute Gasteiger partial charge is 0.268 e. The zero-order valence-corrected chi connectivity index (χ0v) is 55.3. The molecule has 0 saturated carbocycles. The van der Waals surface area contributed by atoms with Gasteiger partial charge in [-0.25, -0.2) is 4.98 Å². The fourth-order valence-electron chi connectivity index (χ4n) is 13.9. The van der Waals surface area contributed by atoms with Crippen LogP contribution in [0, 0.1) is 18.5 Å². The maximum Gasteiger partial charge on any atom is 0.268 e. The average molecular weight is 1410 g/mol. The van der Waals surface area contributed by atoms with Crippen LogP contribution >= 0.6 is 0 Å². The largest absolute Gasteiger partial charge is 0.510 e. The molecule has 96 heavy (non-hydrogen) atoms. The van der Waals surface area contributed by atoms with E-state index in [1.807, 2.05) is 24.4 Å². The fraction of sp³-hybridized carbons (Fsp3) is 0.0455. The van der Waals surface area contributed by atoms with Crippen molar-refractivity contribution in [2.75, 3.05) is 0 Å². The van der Waals surface area contributed by atoms with Crippen LogP contribution in [0.1, 0.15) is 26.3 Å². The Hall–Kier alpha value is -11.4. The van der Waals surface area contributed by atoms with Crippen LogP contribution < -0.4 is 30.4 Å². The van der Waals surface area contributed by atoms with Crippen LogP contribution in [-0.4, -0.2) is 20.8 Å². The van der Waals surface area contributed by atoms with E-state index in [9.17, 15) is 0 Å². The van der Waals surface area contributed by atoms with Gasteiger partial charge in [0.15, 0.2) is 0 Å². The second kappa shape index (κ2) is 24.8. The van der Waals surface area contributed by atoms with E-state index in [1.165, 1.54) is 5.56 Å². The van der Waals surface area contributed by atoms with E-state index in [-0.39, 0.29) is 33.2 Å². The number of nitrogens with zero attached hydrogens (tertiary/aromatic N) is 4. The number of benzene rings is 13. The molecule has 0 atom stereocenters. The van der Waals surface area contributed by atoms with Crippen LogP contribution in [0.5, 0.6) is 23.0 Å². The predicted molar refractivity (Wildman–Crippen MR) is 389 cm³/mol. The molecule has 0 unspecified atom stereocenters. The molecular formula is C88H61BN4O2Pt-2. The molecule has 1 aliphatic rings. The van der Waals surface area contributed by atoms with Gasteiger partial charge in [-0.3, -0.25) is 4.57 Å². The van der Waals surface area contributed by atoms with Crippen molar-refractivity contribution in [3.05, 3.63) is 340 Å². The van der Waals surface area contributed by atoms with Gasteiger partial charge in [-0.1, -0.05) is 245 Å². The topological polar surface area (TPSA) is 45.1 Å². The normalized spacial score (nSPS) is 11.9. The van der Waals surface area contributed by atoms with E-state index in [0.717, 1.165) is 145 Å². The molecule has 16 aromatic rings. The minimum absolute atomic E-state index is 0. The molecule has 0 fully saturated rings. The van der Waals surface area contributed by atoms with Crippen molar-refractivity contribution >= 4 is 55.9 Å². The first-order valence-electron chi connectivity index (χ1n) is 32.4. The summed E-state index contributed by atoms with van der Waals surface area (Å²) < 4.78 is 20.6. The van der Waals surface area contributed by atoms with Gasteiger partial charge >= 0.3 is 0 Å². The Morgan fingerprint density at radius 2 is 0.927 bits per heavy atom. The molecule has 4 heterocycles. The number of fused-ring (bicyclic) bond motifs is 6. The molecule has 0 amide bonds. The summed E-state index contributed by atoms with van der Waals surface area (Å²) in [7, 11) is 0. The fourth-order valence-corrected chi connectivity index (χ4v) is 13.9. The molecule has 0 saturated heterocycles. The minimum Gasteiger partial charge on any atom is -0.510 e. The van der Waals surface area contributed by atoms with E-state index in [4.69, 9.17) is 14.5 Å². The predicted octanol–water partition coefficient (Wildman–Crippen LogP) is 19.5. The third kappa shape index (κ3) is 11.0. The van der Waals surface area contributed by atoms with Gasteiger partial charge in [0.1, 0.15) is 17.3 Å².